The Kier molecular flexibility index (Phi) is 3.10. The summed E-state index contributed by atoms with van der Waals surface area (Å²) in [7, 11) is 0. The van der Waals surface area contributed by atoms with Crippen molar-refractivity contribution in [2.24, 2.45) is 4.99 Å². The van der Waals surface area contributed by atoms with Crippen molar-refractivity contribution < 1.29 is 0 Å². The first kappa shape index (κ1) is 10.6. The van der Waals surface area contributed by atoms with Crippen LogP contribution in [-0.2, 0) is 0 Å². The first-order valence-electron chi connectivity index (χ1n) is 5.28. The van der Waals surface area contributed by atoms with Gasteiger partial charge in [0.25, 0.3) is 0 Å². The molecule has 80 valence electrons. The van der Waals surface area contributed by atoms with Crippen LogP contribution in [0, 0.1) is 13.8 Å². The Hall–Kier alpha value is -1.96. The van der Waals surface area contributed by atoms with Crippen molar-refractivity contribution >= 4 is 12.0 Å². The van der Waals surface area contributed by atoms with Crippen LogP contribution in [0.2, 0.25) is 0 Å². The summed E-state index contributed by atoms with van der Waals surface area (Å²) < 4.78 is 0. The molecule has 16 heavy (non-hydrogen) atoms. The molecule has 0 saturated carbocycles. The molecule has 1 heterocycles. The molecule has 2 rings (SSSR count). The standard InChI is InChI=1S/C14H14N2/c1-11-6-8-13(9-7-11)10-15-14-5-3-4-12(2)16-14/h3-10H,1-2H3. The smallest absolute Gasteiger partial charge is 0.152 e. The van der Waals surface area contributed by atoms with Gasteiger partial charge in [0.2, 0.25) is 0 Å². The van der Waals surface area contributed by atoms with Crippen molar-refractivity contribution in [3.8, 4) is 0 Å². The van der Waals surface area contributed by atoms with E-state index < -0.39 is 0 Å². The van der Waals surface area contributed by atoms with Crippen LogP contribution >= 0.6 is 0 Å². The minimum atomic E-state index is 0.751. The van der Waals surface area contributed by atoms with Gasteiger partial charge in [-0.05, 0) is 31.5 Å². The van der Waals surface area contributed by atoms with Gasteiger partial charge in [-0.3, -0.25) is 0 Å². The molecule has 0 aliphatic heterocycles. The topological polar surface area (TPSA) is 25.2 Å². The number of aromatic nitrogens is 1. The first-order chi connectivity index (χ1) is 7.74. The Morgan fingerprint density at radius 2 is 1.75 bits per heavy atom. The summed E-state index contributed by atoms with van der Waals surface area (Å²) in [6, 6.07) is 14.1. The van der Waals surface area contributed by atoms with Crippen LogP contribution in [0.4, 0.5) is 5.82 Å². The second-order valence-electron chi connectivity index (χ2n) is 3.81. The molecule has 0 fully saturated rings. The molecule has 2 aromatic rings. The molecule has 0 saturated heterocycles. The van der Waals surface area contributed by atoms with Gasteiger partial charge in [0.05, 0.1) is 0 Å². The predicted octanol–water partition coefficient (Wildman–Crippen LogP) is 3.45. The van der Waals surface area contributed by atoms with Crippen LogP contribution in [0.25, 0.3) is 0 Å². The van der Waals surface area contributed by atoms with Gasteiger partial charge in [0, 0.05) is 11.9 Å². The Balaban J connectivity index is 2.18. The first-order valence-corrected chi connectivity index (χ1v) is 5.28. The SMILES string of the molecule is Cc1ccc(C=Nc2cccc(C)n2)cc1. The summed E-state index contributed by atoms with van der Waals surface area (Å²) in [6.07, 6.45) is 1.83. The van der Waals surface area contributed by atoms with E-state index in [1.807, 2.05) is 31.3 Å². The molecule has 0 amide bonds. The molecular formula is C14H14N2. The van der Waals surface area contributed by atoms with E-state index >= 15 is 0 Å². The predicted molar refractivity (Wildman–Crippen MR) is 67.4 cm³/mol. The van der Waals surface area contributed by atoms with Gasteiger partial charge in [0.1, 0.15) is 0 Å². The number of pyridine rings is 1. The van der Waals surface area contributed by atoms with E-state index in [0.717, 1.165) is 17.1 Å². The molecule has 0 radical (unpaired) electrons. The summed E-state index contributed by atoms with van der Waals surface area (Å²) in [5, 5.41) is 0. The van der Waals surface area contributed by atoms with Crippen molar-refractivity contribution in [3.63, 3.8) is 0 Å². The van der Waals surface area contributed by atoms with E-state index in [1.54, 1.807) is 0 Å². The summed E-state index contributed by atoms with van der Waals surface area (Å²) in [4.78, 5) is 8.64. The van der Waals surface area contributed by atoms with Crippen LogP contribution in [-0.4, -0.2) is 11.2 Å². The molecule has 1 aromatic heterocycles. The summed E-state index contributed by atoms with van der Waals surface area (Å²) >= 11 is 0. The highest BCUT2D eigenvalue weighted by Gasteiger charge is 1.91. The molecule has 0 aliphatic rings. The molecule has 0 N–H and O–H groups in total. The molecule has 1 aromatic carbocycles. The second-order valence-corrected chi connectivity index (χ2v) is 3.81. The molecule has 0 bridgehead atoms. The number of rotatable bonds is 2. The molecule has 0 atom stereocenters. The molecule has 2 nitrogen and oxygen atoms in total. The van der Waals surface area contributed by atoms with Gasteiger partial charge < -0.3 is 0 Å². The lowest BCUT2D eigenvalue weighted by atomic mass is 10.2. The van der Waals surface area contributed by atoms with Gasteiger partial charge >= 0.3 is 0 Å². The number of hydrogen-bond donors (Lipinski definition) is 0. The Bertz CT molecular complexity index is 498. The zero-order valence-electron chi connectivity index (χ0n) is 9.51. The minimum absolute atomic E-state index is 0.751. The molecular weight excluding hydrogens is 196 g/mol. The van der Waals surface area contributed by atoms with E-state index in [-0.39, 0.29) is 0 Å². The van der Waals surface area contributed by atoms with Gasteiger partial charge in [-0.25, -0.2) is 9.98 Å². The van der Waals surface area contributed by atoms with Crippen molar-refractivity contribution in [2.75, 3.05) is 0 Å². The number of aliphatic imine (C=N–C) groups is 1. The molecule has 2 heteroatoms. The van der Waals surface area contributed by atoms with E-state index in [9.17, 15) is 0 Å². The largest absolute Gasteiger partial charge is 0.237 e. The quantitative estimate of drug-likeness (QED) is 0.697. The zero-order valence-corrected chi connectivity index (χ0v) is 9.51. The third-order valence-electron chi connectivity index (χ3n) is 2.30. The van der Waals surface area contributed by atoms with Crippen molar-refractivity contribution in [1.29, 1.82) is 0 Å². The number of aryl methyl sites for hydroxylation is 2. The maximum atomic E-state index is 4.33. The van der Waals surface area contributed by atoms with Crippen LogP contribution in [0.1, 0.15) is 16.8 Å². The van der Waals surface area contributed by atoms with Crippen LogP contribution in [0.3, 0.4) is 0 Å². The Labute approximate surface area is 95.7 Å². The van der Waals surface area contributed by atoms with Gasteiger partial charge in [-0.15, -0.1) is 0 Å². The number of hydrogen-bond acceptors (Lipinski definition) is 2. The van der Waals surface area contributed by atoms with Crippen LogP contribution in [0.5, 0.6) is 0 Å². The van der Waals surface area contributed by atoms with Crippen molar-refractivity contribution in [3.05, 3.63) is 59.3 Å². The Morgan fingerprint density at radius 1 is 1.00 bits per heavy atom. The highest BCUT2D eigenvalue weighted by Crippen LogP contribution is 2.08. The van der Waals surface area contributed by atoms with E-state index in [0.29, 0.717) is 0 Å². The molecule has 0 aliphatic carbocycles. The maximum absolute atomic E-state index is 4.33. The fourth-order valence-corrected chi connectivity index (χ4v) is 1.39. The average molecular weight is 210 g/mol. The van der Waals surface area contributed by atoms with Crippen LogP contribution < -0.4 is 0 Å². The monoisotopic (exact) mass is 210 g/mol. The highest BCUT2D eigenvalue weighted by molar-refractivity contribution is 5.81. The summed E-state index contributed by atoms with van der Waals surface area (Å²) in [5.74, 6) is 0.751. The maximum Gasteiger partial charge on any atom is 0.152 e. The fourth-order valence-electron chi connectivity index (χ4n) is 1.39. The van der Waals surface area contributed by atoms with Crippen LogP contribution in [0.15, 0.2) is 47.5 Å². The molecule has 0 spiro atoms. The lowest BCUT2D eigenvalue weighted by Crippen LogP contribution is -1.83. The van der Waals surface area contributed by atoms with Crippen molar-refractivity contribution in [1.82, 2.24) is 4.98 Å². The van der Waals surface area contributed by atoms with E-state index in [1.165, 1.54) is 5.56 Å². The van der Waals surface area contributed by atoms with Crippen molar-refractivity contribution in [2.45, 2.75) is 13.8 Å². The fraction of sp³-hybridized carbons (Fsp3) is 0.143. The number of nitrogens with zero attached hydrogens (tertiary/aromatic N) is 2. The minimum Gasteiger partial charge on any atom is -0.237 e. The van der Waals surface area contributed by atoms with Gasteiger partial charge in [-0.1, -0.05) is 35.9 Å². The Morgan fingerprint density at radius 3 is 2.44 bits per heavy atom. The normalized spacial score (nSPS) is 10.9. The lowest BCUT2D eigenvalue weighted by Gasteiger charge is -1.96. The van der Waals surface area contributed by atoms with E-state index in [4.69, 9.17) is 0 Å². The molecule has 0 unspecified atom stereocenters. The third kappa shape index (κ3) is 2.76. The zero-order chi connectivity index (χ0) is 11.4. The van der Waals surface area contributed by atoms with E-state index in [2.05, 4.69) is 41.2 Å². The lowest BCUT2D eigenvalue weighted by molar-refractivity contribution is 1.18. The average Bonchev–Trinajstić information content (AvgIpc) is 2.28. The third-order valence-corrected chi connectivity index (χ3v) is 2.30. The summed E-state index contributed by atoms with van der Waals surface area (Å²) in [5.41, 5.74) is 3.33. The summed E-state index contributed by atoms with van der Waals surface area (Å²) in [6.45, 7) is 4.04. The number of benzene rings is 1. The second kappa shape index (κ2) is 4.71. The van der Waals surface area contributed by atoms with Gasteiger partial charge in [-0.2, -0.15) is 0 Å². The highest BCUT2D eigenvalue weighted by atomic mass is 14.9. The van der Waals surface area contributed by atoms with Gasteiger partial charge in [0.15, 0.2) is 5.82 Å².